The Morgan fingerprint density at radius 3 is 2.33 bits per heavy atom. The van der Waals surface area contributed by atoms with Gasteiger partial charge in [-0.05, 0) is 53.8 Å². The van der Waals surface area contributed by atoms with Gasteiger partial charge in [0.2, 0.25) is 6.41 Å². The normalized spacial score (nSPS) is 12.0. The lowest BCUT2D eigenvalue weighted by molar-refractivity contribution is -0.129. The highest BCUT2D eigenvalue weighted by atomic mass is 16.5. The van der Waals surface area contributed by atoms with Gasteiger partial charge in [0.1, 0.15) is 17.4 Å². The average Bonchev–Trinajstić information content (AvgIpc) is 2.71. The Labute approximate surface area is 159 Å². The van der Waals surface area contributed by atoms with Crippen molar-refractivity contribution in [2.75, 3.05) is 11.9 Å². The van der Waals surface area contributed by atoms with E-state index < -0.39 is 5.97 Å². The largest absolute Gasteiger partial charge is 0.422 e. The van der Waals surface area contributed by atoms with Crippen LogP contribution in [0.2, 0.25) is 0 Å². The molecule has 0 saturated carbocycles. The summed E-state index contributed by atoms with van der Waals surface area (Å²) in [4.78, 5) is 24.5. The summed E-state index contributed by atoms with van der Waals surface area (Å²) in [5.74, 6) is 0.129. The Balaban J connectivity index is 2.12. The smallest absolute Gasteiger partial charge is 0.354 e. The van der Waals surface area contributed by atoms with Crippen LogP contribution in [0.15, 0.2) is 54.1 Å². The quantitative estimate of drug-likeness (QED) is 0.242. The summed E-state index contributed by atoms with van der Waals surface area (Å²) in [6.45, 7) is 4.25. The number of ether oxygens (including phenoxy) is 1. The number of carbonyl (C=O) groups excluding carboxylic acids is 2. The first-order valence-corrected chi connectivity index (χ1v) is 8.70. The van der Waals surface area contributed by atoms with Crippen LogP contribution in [0.25, 0.3) is 6.08 Å². The second-order valence-electron chi connectivity index (χ2n) is 6.25. The van der Waals surface area contributed by atoms with Crippen molar-refractivity contribution in [3.63, 3.8) is 0 Å². The zero-order valence-corrected chi connectivity index (χ0v) is 15.7. The summed E-state index contributed by atoms with van der Waals surface area (Å²) < 4.78 is 5.30. The van der Waals surface area contributed by atoms with Gasteiger partial charge in [0.15, 0.2) is 0 Å². The van der Waals surface area contributed by atoms with E-state index in [0.29, 0.717) is 29.3 Å². The molecule has 0 fully saturated rings. The van der Waals surface area contributed by atoms with E-state index in [1.807, 2.05) is 18.2 Å². The molecular formula is C22H22N2O3. The number of benzene rings is 2. The second kappa shape index (κ2) is 9.35. The monoisotopic (exact) mass is 362 g/mol. The maximum absolute atomic E-state index is 12.3. The van der Waals surface area contributed by atoms with Crippen molar-refractivity contribution >= 4 is 24.1 Å². The van der Waals surface area contributed by atoms with Gasteiger partial charge < -0.3 is 9.64 Å². The molecule has 2 aromatic rings. The third-order valence-electron chi connectivity index (χ3n) is 4.38. The summed E-state index contributed by atoms with van der Waals surface area (Å²) >= 11 is 0. The van der Waals surface area contributed by atoms with E-state index in [0.717, 1.165) is 6.42 Å². The molecule has 0 bridgehead atoms. The number of carbonyl (C=O) groups is 2. The summed E-state index contributed by atoms with van der Waals surface area (Å²) in [6, 6.07) is 16.1. The predicted octanol–water partition coefficient (Wildman–Crippen LogP) is 4.31. The fourth-order valence-corrected chi connectivity index (χ4v) is 2.43. The van der Waals surface area contributed by atoms with Crippen LogP contribution in [0.3, 0.4) is 0 Å². The molecule has 138 valence electrons. The van der Waals surface area contributed by atoms with Gasteiger partial charge in [0.25, 0.3) is 0 Å². The maximum Gasteiger partial charge on any atom is 0.354 e. The minimum atomic E-state index is -0.706. The molecule has 0 spiro atoms. The molecule has 0 radical (unpaired) electrons. The van der Waals surface area contributed by atoms with Gasteiger partial charge in [0, 0.05) is 12.7 Å². The van der Waals surface area contributed by atoms with Crippen LogP contribution in [-0.4, -0.2) is 19.4 Å². The third-order valence-corrected chi connectivity index (χ3v) is 4.38. The van der Waals surface area contributed by atoms with E-state index in [-0.39, 0.29) is 5.57 Å². The topological polar surface area (TPSA) is 70.4 Å². The molecule has 0 heterocycles. The Morgan fingerprint density at radius 2 is 1.81 bits per heavy atom. The van der Waals surface area contributed by atoms with Crippen molar-refractivity contribution in [2.24, 2.45) is 0 Å². The van der Waals surface area contributed by atoms with Gasteiger partial charge in [-0.15, -0.1) is 0 Å². The van der Waals surface area contributed by atoms with E-state index in [2.05, 4.69) is 13.8 Å². The molecule has 2 aromatic carbocycles. The number of hydrogen-bond acceptors (Lipinski definition) is 4. The van der Waals surface area contributed by atoms with Crippen LogP contribution in [-0.2, 0) is 9.59 Å². The number of esters is 1. The molecule has 2 rings (SSSR count). The predicted molar refractivity (Wildman–Crippen MR) is 105 cm³/mol. The molecule has 1 unspecified atom stereocenters. The van der Waals surface area contributed by atoms with Gasteiger partial charge >= 0.3 is 5.97 Å². The molecule has 0 aliphatic rings. The Bertz CT molecular complexity index is 862. The highest BCUT2D eigenvalue weighted by Crippen LogP contribution is 2.22. The van der Waals surface area contributed by atoms with Crippen molar-refractivity contribution in [3.05, 3.63) is 65.2 Å². The van der Waals surface area contributed by atoms with Crippen LogP contribution in [0.4, 0.5) is 5.69 Å². The first kappa shape index (κ1) is 19.9. The maximum atomic E-state index is 12.3. The summed E-state index contributed by atoms with van der Waals surface area (Å²) in [6.07, 6.45) is 3.19. The highest BCUT2D eigenvalue weighted by molar-refractivity contribution is 5.99. The molecule has 27 heavy (non-hydrogen) atoms. The molecule has 5 heteroatoms. The number of amides is 1. The van der Waals surface area contributed by atoms with Gasteiger partial charge in [-0.1, -0.05) is 38.1 Å². The second-order valence-corrected chi connectivity index (χ2v) is 6.25. The van der Waals surface area contributed by atoms with Crippen molar-refractivity contribution < 1.29 is 14.3 Å². The third kappa shape index (κ3) is 5.29. The summed E-state index contributed by atoms with van der Waals surface area (Å²) in [5, 5.41) is 9.29. The number of nitriles is 1. The number of nitrogens with zero attached hydrogens (tertiary/aromatic N) is 2. The van der Waals surface area contributed by atoms with Crippen LogP contribution < -0.4 is 9.64 Å². The first-order valence-electron chi connectivity index (χ1n) is 8.70. The van der Waals surface area contributed by atoms with Crippen molar-refractivity contribution in [2.45, 2.75) is 26.2 Å². The molecule has 0 saturated heterocycles. The van der Waals surface area contributed by atoms with E-state index >= 15 is 0 Å². The molecule has 0 aliphatic carbocycles. The summed E-state index contributed by atoms with van der Waals surface area (Å²) in [5.41, 5.74) is 2.45. The number of anilines is 1. The van der Waals surface area contributed by atoms with Gasteiger partial charge in [0.05, 0.1) is 0 Å². The van der Waals surface area contributed by atoms with E-state index in [1.54, 1.807) is 43.4 Å². The number of hydrogen-bond donors (Lipinski definition) is 0. The lowest BCUT2D eigenvalue weighted by atomic mass is 9.99. The standard InChI is InChI=1S/C22H22N2O3/c1-4-16(2)18-7-11-21(12-8-18)27-22(26)19(14-23)13-17-5-9-20(10-6-17)24(3)15-25/h5-13,15-16H,4H2,1-3H3/b19-13+. The minimum Gasteiger partial charge on any atom is -0.422 e. The lowest BCUT2D eigenvalue weighted by Crippen LogP contribution is -2.13. The molecule has 1 atom stereocenters. The van der Waals surface area contributed by atoms with E-state index in [4.69, 9.17) is 4.74 Å². The molecule has 5 nitrogen and oxygen atoms in total. The highest BCUT2D eigenvalue weighted by Gasteiger charge is 2.13. The van der Waals surface area contributed by atoms with Crippen LogP contribution in [0, 0.1) is 11.3 Å². The zero-order valence-electron chi connectivity index (χ0n) is 15.7. The molecule has 0 aliphatic heterocycles. The van der Waals surface area contributed by atoms with Crippen LogP contribution in [0.5, 0.6) is 5.75 Å². The van der Waals surface area contributed by atoms with Crippen molar-refractivity contribution in [1.82, 2.24) is 0 Å². The van der Waals surface area contributed by atoms with Crippen molar-refractivity contribution in [3.8, 4) is 11.8 Å². The summed E-state index contributed by atoms with van der Waals surface area (Å²) in [7, 11) is 1.64. The Hall–Kier alpha value is -3.39. The molecule has 1 amide bonds. The minimum absolute atomic E-state index is 0.0995. The fourth-order valence-electron chi connectivity index (χ4n) is 2.43. The molecular weight excluding hydrogens is 340 g/mol. The fraction of sp³-hybridized carbons (Fsp3) is 0.227. The van der Waals surface area contributed by atoms with Crippen LogP contribution in [0.1, 0.15) is 37.3 Å². The lowest BCUT2D eigenvalue weighted by Gasteiger charge is -2.10. The van der Waals surface area contributed by atoms with Crippen molar-refractivity contribution in [1.29, 1.82) is 5.26 Å². The molecule has 0 aromatic heterocycles. The zero-order chi connectivity index (χ0) is 19.8. The first-order chi connectivity index (χ1) is 13.0. The van der Waals surface area contributed by atoms with E-state index in [9.17, 15) is 14.9 Å². The number of rotatable bonds is 7. The van der Waals surface area contributed by atoms with Gasteiger partial charge in [-0.2, -0.15) is 5.26 Å². The van der Waals surface area contributed by atoms with Crippen LogP contribution >= 0.6 is 0 Å². The van der Waals surface area contributed by atoms with E-state index in [1.165, 1.54) is 16.5 Å². The SMILES string of the molecule is CCC(C)c1ccc(OC(=O)/C(C#N)=C/c2ccc(N(C)C=O)cc2)cc1. The van der Waals surface area contributed by atoms with Gasteiger partial charge in [-0.25, -0.2) is 4.79 Å². The Morgan fingerprint density at radius 1 is 1.19 bits per heavy atom. The Kier molecular flexibility index (Phi) is 6.90. The molecule has 0 N–H and O–H groups in total. The average molecular weight is 362 g/mol. The van der Waals surface area contributed by atoms with Gasteiger partial charge in [-0.3, -0.25) is 4.79 Å².